The third-order valence-corrected chi connectivity index (χ3v) is 3.71. The molecule has 0 aliphatic carbocycles. The summed E-state index contributed by atoms with van der Waals surface area (Å²) in [4.78, 5) is 18.0. The predicted molar refractivity (Wildman–Crippen MR) is 75.2 cm³/mol. The zero-order chi connectivity index (χ0) is 13.8. The van der Waals surface area contributed by atoms with E-state index in [4.69, 9.17) is 9.84 Å². The second-order valence-electron chi connectivity index (χ2n) is 4.52. The van der Waals surface area contributed by atoms with E-state index in [1.807, 2.05) is 6.07 Å². The van der Waals surface area contributed by atoms with E-state index in [1.165, 1.54) is 0 Å². The van der Waals surface area contributed by atoms with E-state index in [1.54, 1.807) is 18.2 Å². The van der Waals surface area contributed by atoms with Crippen molar-refractivity contribution < 1.29 is 14.6 Å². The Kier molecular flexibility index (Phi) is 4.90. The highest BCUT2D eigenvalue weighted by Gasteiger charge is 2.31. The van der Waals surface area contributed by atoms with Gasteiger partial charge >= 0.3 is 0 Å². The van der Waals surface area contributed by atoms with E-state index in [9.17, 15) is 4.79 Å². The molecule has 1 N–H and O–H groups in total. The number of pyridine rings is 1. The molecule has 1 aromatic rings. The quantitative estimate of drug-likeness (QED) is 0.893. The average Bonchev–Trinajstić information content (AvgIpc) is 2.40. The molecule has 1 amide bonds. The number of anilines is 1. The molecule has 1 aliphatic rings. The number of ether oxygens (including phenoxy) is 1. The number of halogens is 1. The molecule has 2 rings (SSSR count). The lowest BCUT2D eigenvalue weighted by Gasteiger charge is -2.32. The second kappa shape index (κ2) is 6.45. The number of carbonyl (C=O) groups is 1. The number of amides is 1. The van der Waals surface area contributed by atoms with Crippen LogP contribution in [-0.4, -0.2) is 42.9 Å². The van der Waals surface area contributed by atoms with Gasteiger partial charge in [-0.2, -0.15) is 0 Å². The normalized spacial score (nSPS) is 18.6. The molecule has 0 spiro atoms. The Morgan fingerprint density at radius 3 is 3.11 bits per heavy atom. The van der Waals surface area contributed by atoms with Crippen LogP contribution in [0.2, 0.25) is 0 Å². The van der Waals surface area contributed by atoms with Gasteiger partial charge in [-0.25, -0.2) is 4.98 Å². The van der Waals surface area contributed by atoms with E-state index in [2.05, 4.69) is 20.9 Å². The van der Waals surface area contributed by atoms with Crippen molar-refractivity contribution in [3.8, 4) is 0 Å². The number of aliphatic hydroxyl groups excluding tert-OH is 1. The summed E-state index contributed by atoms with van der Waals surface area (Å²) >= 11 is 3.41. The summed E-state index contributed by atoms with van der Waals surface area (Å²) in [5, 5.41) is 9.07. The molecule has 0 saturated carbocycles. The molecule has 19 heavy (non-hydrogen) atoms. The summed E-state index contributed by atoms with van der Waals surface area (Å²) in [6, 6.07) is 2.00. The fourth-order valence-electron chi connectivity index (χ4n) is 2.37. The van der Waals surface area contributed by atoms with Crippen LogP contribution < -0.4 is 4.90 Å². The van der Waals surface area contributed by atoms with Gasteiger partial charge < -0.3 is 9.84 Å². The topological polar surface area (TPSA) is 62.7 Å². The Hall–Kier alpha value is -0.980. The molecule has 0 fully saturated rings. The van der Waals surface area contributed by atoms with Crippen LogP contribution in [0.3, 0.4) is 0 Å². The lowest BCUT2D eigenvalue weighted by Crippen LogP contribution is -2.39. The van der Waals surface area contributed by atoms with E-state index >= 15 is 0 Å². The summed E-state index contributed by atoms with van der Waals surface area (Å²) < 4.78 is 6.00. The molecule has 0 radical (unpaired) electrons. The number of nitrogens with zero attached hydrogens (tertiary/aromatic N) is 2. The van der Waals surface area contributed by atoms with Crippen LogP contribution in [0.25, 0.3) is 0 Å². The van der Waals surface area contributed by atoms with Crippen molar-refractivity contribution in [2.24, 2.45) is 0 Å². The standard InChI is InChI=1S/C13H17BrN2O3/c1-19-5-2-9-6-12(18)16(3-4-17)13-11(9)7-10(14)8-15-13/h7-9,17H,2-6H2,1H3. The molecule has 1 unspecified atom stereocenters. The van der Waals surface area contributed by atoms with E-state index in [-0.39, 0.29) is 25.0 Å². The third kappa shape index (κ3) is 3.13. The SMILES string of the molecule is COCCC1CC(=O)N(CCO)c2ncc(Br)cc21. The van der Waals surface area contributed by atoms with Gasteiger partial charge in [0.25, 0.3) is 0 Å². The van der Waals surface area contributed by atoms with Crippen molar-refractivity contribution in [1.82, 2.24) is 4.98 Å². The van der Waals surface area contributed by atoms with Crippen molar-refractivity contribution in [2.75, 3.05) is 31.8 Å². The first-order valence-corrected chi connectivity index (χ1v) is 7.02. The molecule has 1 aromatic heterocycles. The molecular weight excluding hydrogens is 312 g/mol. The van der Waals surface area contributed by atoms with Crippen molar-refractivity contribution in [3.63, 3.8) is 0 Å². The van der Waals surface area contributed by atoms with E-state index in [0.717, 1.165) is 16.5 Å². The Bertz CT molecular complexity index is 467. The number of hydrogen-bond donors (Lipinski definition) is 1. The highest BCUT2D eigenvalue weighted by Crippen LogP contribution is 2.37. The zero-order valence-electron chi connectivity index (χ0n) is 10.8. The molecule has 5 nitrogen and oxygen atoms in total. The van der Waals surface area contributed by atoms with Gasteiger partial charge in [-0.05, 0) is 39.9 Å². The maximum atomic E-state index is 12.1. The Morgan fingerprint density at radius 1 is 1.63 bits per heavy atom. The lowest BCUT2D eigenvalue weighted by molar-refractivity contribution is -0.119. The predicted octanol–water partition coefficient (Wildman–Crippen LogP) is 1.69. The molecule has 6 heteroatoms. The fraction of sp³-hybridized carbons (Fsp3) is 0.538. The van der Waals surface area contributed by atoms with Crippen LogP contribution in [-0.2, 0) is 9.53 Å². The van der Waals surface area contributed by atoms with Gasteiger partial charge in [0.15, 0.2) is 0 Å². The number of fused-ring (bicyclic) bond motifs is 1. The molecule has 104 valence electrons. The maximum Gasteiger partial charge on any atom is 0.228 e. The number of aliphatic hydroxyl groups is 1. The molecule has 0 saturated heterocycles. The number of methoxy groups -OCH3 is 1. The van der Waals surface area contributed by atoms with Crippen LogP contribution in [0.15, 0.2) is 16.7 Å². The molecule has 0 bridgehead atoms. The smallest absolute Gasteiger partial charge is 0.228 e. The summed E-state index contributed by atoms with van der Waals surface area (Å²) in [7, 11) is 1.66. The second-order valence-corrected chi connectivity index (χ2v) is 5.43. The third-order valence-electron chi connectivity index (χ3n) is 3.27. The average molecular weight is 329 g/mol. The van der Waals surface area contributed by atoms with E-state index < -0.39 is 0 Å². The molecule has 0 aromatic carbocycles. The first-order chi connectivity index (χ1) is 9.17. The van der Waals surface area contributed by atoms with Gasteiger partial charge in [-0.15, -0.1) is 0 Å². The van der Waals surface area contributed by atoms with Crippen LogP contribution in [0.1, 0.15) is 24.3 Å². The molecular formula is C13H17BrN2O3. The first-order valence-electron chi connectivity index (χ1n) is 6.23. The maximum absolute atomic E-state index is 12.1. The van der Waals surface area contributed by atoms with Crippen molar-refractivity contribution in [1.29, 1.82) is 0 Å². The highest BCUT2D eigenvalue weighted by molar-refractivity contribution is 9.10. The Balaban J connectivity index is 2.35. The van der Waals surface area contributed by atoms with Crippen molar-refractivity contribution in [2.45, 2.75) is 18.8 Å². The number of carbonyl (C=O) groups excluding carboxylic acids is 1. The number of hydrogen-bond acceptors (Lipinski definition) is 4. The Morgan fingerprint density at radius 2 is 2.42 bits per heavy atom. The molecule has 1 aliphatic heterocycles. The summed E-state index contributed by atoms with van der Waals surface area (Å²) in [6.07, 6.45) is 2.91. The summed E-state index contributed by atoms with van der Waals surface area (Å²) in [5.41, 5.74) is 1.04. The summed E-state index contributed by atoms with van der Waals surface area (Å²) in [6.45, 7) is 0.840. The number of β-amino-alcohol motifs (C(OH)–C–C–N with tert-alkyl or cyclic N) is 1. The van der Waals surface area contributed by atoms with Crippen LogP contribution in [0.5, 0.6) is 0 Å². The monoisotopic (exact) mass is 328 g/mol. The van der Waals surface area contributed by atoms with Gasteiger partial charge in [0.2, 0.25) is 5.91 Å². The zero-order valence-corrected chi connectivity index (χ0v) is 12.4. The highest BCUT2D eigenvalue weighted by atomic mass is 79.9. The van der Waals surface area contributed by atoms with Crippen LogP contribution in [0.4, 0.5) is 5.82 Å². The van der Waals surface area contributed by atoms with Gasteiger partial charge in [0.05, 0.1) is 13.2 Å². The number of aromatic nitrogens is 1. The lowest BCUT2D eigenvalue weighted by atomic mass is 9.89. The summed E-state index contributed by atoms with van der Waals surface area (Å²) in [5.74, 6) is 0.800. The molecule has 2 heterocycles. The first kappa shape index (κ1) is 14.4. The largest absolute Gasteiger partial charge is 0.395 e. The minimum absolute atomic E-state index is 0.0116. The molecule has 1 atom stereocenters. The van der Waals surface area contributed by atoms with Gasteiger partial charge in [-0.3, -0.25) is 9.69 Å². The fourth-order valence-corrected chi connectivity index (χ4v) is 2.72. The van der Waals surface area contributed by atoms with Crippen molar-refractivity contribution in [3.05, 3.63) is 22.3 Å². The van der Waals surface area contributed by atoms with Crippen molar-refractivity contribution >= 4 is 27.7 Å². The van der Waals surface area contributed by atoms with Gasteiger partial charge in [-0.1, -0.05) is 0 Å². The Labute approximate surface area is 120 Å². The van der Waals surface area contributed by atoms with Crippen LogP contribution in [0, 0.1) is 0 Å². The van der Waals surface area contributed by atoms with E-state index in [0.29, 0.717) is 18.8 Å². The van der Waals surface area contributed by atoms with Crippen LogP contribution >= 0.6 is 15.9 Å². The minimum atomic E-state index is -0.0638. The van der Waals surface area contributed by atoms with Gasteiger partial charge in [0.1, 0.15) is 5.82 Å². The minimum Gasteiger partial charge on any atom is -0.395 e. The van der Waals surface area contributed by atoms with Gasteiger partial charge in [0, 0.05) is 30.8 Å². The number of rotatable bonds is 5.